The highest BCUT2D eigenvalue weighted by Gasteiger charge is 2.18. The second kappa shape index (κ2) is 6.68. The number of hydrogen-bond acceptors (Lipinski definition) is 3. The minimum absolute atomic E-state index is 0.0375. The van der Waals surface area contributed by atoms with E-state index in [0.29, 0.717) is 5.56 Å². The van der Waals surface area contributed by atoms with Crippen LogP contribution in [0.1, 0.15) is 22.0 Å². The van der Waals surface area contributed by atoms with Gasteiger partial charge in [-0.2, -0.15) is 0 Å². The van der Waals surface area contributed by atoms with Gasteiger partial charge in [-0.05, 0) is 46.4 Å². The molecule has 108 valence electrons. The fourth-order valence-corrected chi connectivity index (χ4v) is 2.32. The average Bonchev–Trinajstić information content (AvgIpc) is 2.49. The van der Waals surface area contributed by atoms with Gasteiger partial charge in [0, 0.05) is 3.57 Å². The molecule has 0 aliphatic heterocycles. The van der Waals surface area contributed by atoms with Crippen LogP contribution in [0.4, 0.5) is 5.69 Å². The third-order valence-corrected chi connectivity index (χ3v) is 3.58. The molecule has 4 N–H and O–H groups in total. The molecule has 0 unspecified atom stereocenters. The first-order chi connectivity index (χ1) is 9.99. The van der Waals surface area contributed by atoms with E-state index < -0.39 is 17.9 Å². The molecular weight excluding hydrogens is 383 g/mol. The number of aromatic carboxylic acids is 1. The smallest absolute Gasteiger partial charge is 0.337 e. The first kappa shape index (κ1) is 15.5. The number of rotatable bonds is 4. The number of nitrogens with two attached hydrogens (primary N) is 1. The SMILES string of the molecule is N[C@@H](C(=O)Nc1ccc(I)cc1C(=O)O)c1ccccc1. The van der Waals surface area contributed by atoms with Crippen LogP contribution in [0.25, 0.3) is 0 Å². The zero-order valence-electron chi connectivity index (χ0n) is 10.9. The van der Waals surface area contributed by atoms with E-state index in [1.807, 2.05) is 28.7 Å². The van der Waals surface area contributed by atoms with Gasteiger partial charge in [0.2, 0.25) is 5.91 Å². The maximum absolute atomic E-state index is 12.1. The Morgan fingerprint density at radius 2 is 1.81 bits per heavy atom. The lowest BCUT2D eigenvalue weighted by Gasteiger charge is -2.14. The van der Waals surface area contributed by atoms with E-state index in [9.17, 15) is 14.7 Å². The number of carbonyl (C=O) groups is 2. The zero-order chi connectivity index (χ0) is 15.4. The highest BCUT2D eigenvalue weighted by Crippen LogP contribution is 2.20. The molecule has 1 atom stereocenters. The zero-order valence-corrected chi connectivity index (χ0v) is 13.1. The van der Waals surface area contributed by atoms with Crippen molar-refractivity contribution in [3.8, 4) is 0 Å². The molecule has 0 heterocycles. The van der Waals surface area contributed by atoms with E-state index in [1.165, 1.54) is 6.07 Å². The summed E-state index contributed by atoms with van der Waals surface area (Å²) in [4.78, 5) is 23.4. The van der Waals surface area contributed by atoms with Gasteiger partial charge in [-0.15, -0.1) is 0 Å². The summed E-state index contributed by atoms with van der Waals surface area (Å²) < 4.78 is 0.773. The van der Waals surface area contributed by atoms with Crippen LogP contribution in [0.15, 0.2) is 48.5 Å². The number of carboxylic acid groups (broad SMARTS) is 1. The van der Waals surface area contributed by atoms with E-state index in [2.05, 4.69) is 5.32 Å². The normalized spacial score (nSPS) is 11.7. The first-order valence-corrected chi connectivity index (χ1v) is 7.21. The Bertz CT molecular complexity index is 674. The standard InChI is InChI=1S/C15H13IN2O3/c16-10-6-7-12(11(8-10)15(20)21)18-14(19)13(17)9-4-2-1-3-5-9/h1-8,13H,17H2,(H,18,19)(H,20,21)/t13-/m1/s1. The number of carboxylic acids is 1. The van der Waals surface area contributed by atoms with E-state index >= 15 is 0 Å². The van der Waals surface area contributed by atoms with Gasteiger partial charge >= 0.3 is 5.97 Å². The Kier molecular flexibility index (Phi) is 4.92. The molecule has 2 rings (SSSR count). The maximum Gasteiger partial charge on any atom is 0.337 e. The topological polar surface area (TPSA) is 92.4 Å². The molecule has 0 fully saturated rings. The maximum atomic E-state index is 12.1. The molecule has 1 amide bonds. The predicted molar refractivity (Wildman–Crippen MR) is 88.1 cm³/mol. The van der Waals surface area contributed by atoms with Crippen molar-refractivity contribution in [1.82, 2.24) is 0 Å². The van der Waals surface area contributed by atoms with Gasteiger partial charge in [0.15, 0.2) is 0 Å². The summed E-state index contributed by atoms with van der Waals surface area (Å²) in [6.07, 6.45) is 0. The fourth-order valence-electron chi connectivity index (χ4n) is 1.82. The van der Waals surface area contributed by atoms with Crippen molar-refractivity contribution in [1.29, 1.82) is 0 Å². The average molecular weight is 396 g/mol. The predicted octanol–water partition coefficient (Wildman–Crippen LogP) is 2.63. The lowest BCUT2D eigenvalue weighted by molar-refractivity contribution is -0.117. The van der Waals surface area contributed by atoms with Crippen LogP contribution in [0.5, 0.6) is 0 Å². The minimum Gasteiger partial charge on any atom is -0.478 e. The molecule has 0 aliphatic rings. The molecular formula is C15H13IN2O3. The minimum atomic E-state index is -1.10. The summed E-state index contributed by atoms with van der Waals surface area (Å²) in [7, 11) is 0. The van der Waals surface area contributed by atoms with E-state index in [-0.39, 0.29) is 11.3 Å². The highest BCUT2D eigenvalue weighted by atomic mass is 127. The third kappa shape index (κ3) is 3.79. The van der Waals surface area contributed by atoms with Crippen molar-refractivity contribution in [3.63, 3.8) is 0 Å². The molecule has 6 heteroatoms. The molecule has 0 aliphatic carbocycles. The number of amides is 1. The lowest BCUT2D eigenvalue weighted by atomic mass is 10.1. The van der Waals surface area contributed by atoms with Crippen molar-refractivity contribution in [2.75, 3.05) is 5.32 Å². The molecule has 2 aromatic carbocycles. The van der Waals surface area contributed by atoms with E-state index in [0.717, 1.165) is 3.57 Å². The molecule has 0 bridgehead atoms. The van der Waals surface area contributed by atoms with Crippen molar-refractivity contribution in [2.24, 2.45) is 5.73 Å². The monoisotopic (exact) mass is 396 g/mol. The summed E-state index contributed by atoms with van der Waals surface area (Å²) in [5.41, 5.74) is 6.82. The van der Waals surface area contributed by atoms with Crippen LogP contribution in [0.2, 0.25) is 0 Å². The summed E-state index contributed by atoms with van der Waals surface area (Å²) in [6.45, 7) is 0. The van der Waals surface area contributed by atoms with E-state index in [1.54, 1.807) is 36.4 Å². The Balaban J connectivity index is 2.22. The Hall–Kier alpha value is -1.93. The fraction of sp³-hybridized carbons (Fsp3) is 0.0667. The summed E-state index contributed by atoms with van der Waals surface area (Å²) in [6, 6.07) is 12.8. The second-order valence-electron chi connectivity index (χ2n) is 4.37. The number of carbonyl (C=O) groups excluding carboxylic acids is 1. The lowest BCUT2D eigenvalue weighted by Crippen LogP contribution is -2.28. The van der Waals surface area contributed by atoms with Crippen molar-refractivity contribution < 1.29 is 14.7 Å². The van der Waals surface area contributed by atoms with Gasteiger partial charge < -0.3 is 16.2 Å². The van der Waals surface area contributed by atoms with Crippen molar-refractivity contribution >= 4 is 40.2 Å². The van der Waals surface area contributed by atoms with Gasteiger partial charge in [-0.25, -0.2) is 4.79 Å². The number of halogens is 1. The number of hydrogen-bond donors (Lipinski definition) is 3. The summed E-state index contributed by atoms with van der Waals surface area (Å²) in [5.74, 6) is -1.55. The van der Waals surface area contributed by atoms with Crippen molar-refractivity contribution in [3.05, 3.63) is 63.2 Å². The van der Waals surface area contributed by atoms with Gasteiger partial charge in [0.05, 0.1) is 11.3 Å². The first-order valence-electron chi connectivity index (χ1n) is 6.13. The Morgan fingerprint density at radius 1 is 1.14 bits per heavy atom. The molecule has 0 aromatic heterocycles. The highest BCUT2D eigenvalue weighted by molar-refractivity contribution is 14.1. The number of nitrogens with one attached hydrogen (secondary N) is 1. The van der Waals surface area contributed by atoms with Crippen LogP contribution in [-0.2, 0) is 4.79 Å². The second-order valence-corrected chi connectivity index (χ2v) is 5.62. The van der Waals surface area contributed by atoms with Crippen LogP contribution < -0.4 is 11.1 Å². The third-order valence-electron chi connectivity index (χ3n) is 2.91. The Morgan fingerprint density at radius 3 is 2.43 bits per heavy atom. The van der Waals surface area contributed by atoms with E-state index in [4.69, 9.17) is 5.73 Å². The molecule has 0 saturated heterocycles. The van der Waals surface area contributed by atoms with Gasteiger partial charge in [0.1, 0.15) is 6.04 Å². The molecule has 0 radical (unpaired) electrons. The molecule has 5 nitrogen and oxygen atoms in total. The quantitative estimate of drug-likeness (QED) is 0.693. The van der Waals surface area contributed by atoms with Crippen LogP contribution in [0.3, 0.4) is 0 Å². The Labute approximate surface area is 135 Å². The van der Waals surface area contributed by atoms with Gasteiger partial charge in [-0.3, -0.25) is 4.79 Å². The molecule has 2 aromatic rings. The summed E-state index contributed by atoms with van der Waals surface area (Å²) >= 11 is 2.01. The van der Waals surface area contributed by atoms with Gasteiger partial charge in [0.25, 0.3) is 0 Å². The molecule has 0 spiro atoms. The molecule has 0 saturated carbocycles. The largest absolute Gasteiger partial charge is 0.478 e. The van der Waals surface area contributed by atoms with Crippen molar-refractivity contribution in [2.45, 2.75) is 6.04 Å². The van der Waals surface area contributed by atoms with Crippen LogP contribution in [0, 0.1) is 3.57 Å². The number of benzene rings is 2. The summed E-state index contributed by atoms with van der Waals surface area (Å²) in [5, 5.41) is 11.7. The van der Waals surface area contributed by atoms with Crippen LogP contribution in [-0.4, -0.2) is 17.0 Å². The number of anilines is 1. The molecule has 21 heavy (non-hydrogen) atoms. The van der Waals surface area contributed by atoms with Crippen LogP contribution >= 0.6 is 22.6 Å². The van der Waals surface area contributed by atoms with Gasteiger partial charge in [-0.1, -0.05) is 30.3 Å².